The van der Waals surface area contributed by atoms with Crippen molar-refractivity contribution in [1.29, 1.82) is 0 Å². The quantitative estimate of drug-likeness (QED) is 0.809. The number of carboxylic acids is 1. The molecular formula is C12H18N4O4. The van der Waals surface area contributed by atoms with Crippen LogP contribution in [0.3, 0.4) is 0 Å². The molecular weight excluding hydrogens is 264 g/mol. The van der Waals surface area contributed by atoms with Gasteiger partial charge < -0.3 is 19.6 Å². The number of hydrogen-bond donors (Lipinski definition) is 2. The number of amides is 2. The highest BCUT2D eigenvalue weighted by Crippen LogP contribution is 2.20. The predicted octanol–water partition coefficient (Wildman–Crippen LogP) is -0.00710. The number of aromatic nitrogens is 2. The van der Waals surface area contributed by atoms with E-state index in [4.69, 9.17) is 9.84 Å². The van der Waals surface area contributed by atoms with Gasteiger partial charge in [0.15, 0.2) is 0 Å². The first-order valence-electron chi connectivity index (χ1n) is 6.27. The van der Waals surface area contributed by atoms with Crippen LogP contribution in [0.15, 0.2) is 12.4 Å². The monoisotopic (exact) mass is 282 g/mol. The predicted molar refractivity (Wildman–Crippen MR) is 68.9 cm³/mol. The number of rotatable bonds is 4. The van der Waals surface area contributed by atoms with Crippen molar-refractivity contribution in [2.24, 2.45) is 5.92 Å². The van der Waals surface area contributed by atoms with E-state index in [0.717, 1.165) is 5.56 Å². The first kappa shape index (κ1) is 14.3. The molecule has 2 unspecified atom stereocenters. The molecule has 0 aliphatic carbocycles. The molecule has 2 heterocycles. The summed E-state index contributed by atoms with van der Waals surface area (Å²) in [5.41, 5.74) is 0.881. The first-order valence-corrected chi connectivity index (χ1v) is 6.27. The molecule has 20 heavy (non-hydrogen) atoms. The largest absolute Gasteiger partial charge is 0.481 e. The lowest BCUT2D eigenvalue weighted by Crippen LogP contribution is -2.48. The van der Waals surface area contributed by atoms with Gasteiger partial charge in [-0.25, -0.2) is 4.79 Å². The Kier molecular flexibility index (Phi) is 4.23. The van der Waals surface area contributed by atoms with Gasteiger partial charge in [0.05, 0.1) is 32.0 Å². The summed E-state index contributed by atoms with van der Waals surface area (Å²) >= 11 is 0. The highest BCUT2D eigenvalue weighted by atomic mass is 16.5. The van der Waals surface area contributed by atoms with Gasteiger partial charge >= 0.3 is 12.0 Å². The Bertz CT molecular complexity index is 476. The van der Waals surface area contributed by atoms with E-state index in [1.165, 1.54) is 9.80 Å². The number of ether oxygens (including phenoxy) is 1. The van der Waals surface area contributed by atoms with Crippen LogP contribution in [0.5, 0.6) is 0 Å². The fourth-order valence-electron chi connectivity index (χ4n) is 2.28. The summed E-state index contributed by atoms with van der Waals surface area (Å²) in [4.78, 5) is 26.4. The van der Waals surface area contributed by atoms with Gasteiger partial charge in [-0.05, 0) is 0 Å². The molecule has 1 aromatic heterocycles. The number of carboxylic acid groups (broad SMARTS) is 1. The zero-order chi connectivity index (χ0) is 14.7. The Hall–Kier alpha value is -2.09. The van der Waals surface area contributed by atoms with Crippen LogP contribution in [0, 0.1) is 5.92 Å². The van der Waals surface area contributed by atoms with Crippen molar-refractivity contribution in [3.05, 3.63) is 18.0 Å². The van der Waals surface area contributed by atoms with Crippen molar-refractivity contribution in [2.75, 3.05) is 27.3 Å². The van der Waals surface area contributed by atoms with E-state index >= 15 is 0 Å². The van der Waals surface area contributed by atoms with Crippen molar-refractivity contribution in [3.8, 4) is 0 Å². The van der Waals surface area contributed by atoms with Crippen LogP contribution in [0.1, 0.15) is 5.56 Å². The van der Waals surface area contributed by atoms with Gasteiger partial charge in [-0.2, -0.15) is 5.10 Å². The van der Waals surface area contributed by atoms with Crippen LogP contribution >= 0.6 is 0 Å². The standard InChI is InChI=1S/C12H18N4O4/c1-15(5-8-3-13-14-4-8)12(19)16(2)10-7-20-6-9(10)11(17)18/h3-4,9-10H,5-7H2,1-2H3,(H,13,14)(H,17,18). The lowest BCUT2D eigenvalue weighted by atomic mass is 10.0. The van der Waals surface area contributed by atoms with E-state index in [1.54, 1.807) is 26.5 Å². The average molecular weight is 282 g/mol. The van der Waals surface area contributed by atoms with Gasteiger partial charge in [0.2, 0.25) is 0 Å². The molecule has 2 N–H and O–H groups in total. The number of urea groups is 1. The number of carbonyl (C=O) groups is 2. The summed E-state index contributed by atoms with van der Waals surface area (Å²) in [7, 11) is 3.26. The topological polar surface area (TPSA) is 98.8 Å². The molecule has 8 nitrogen and oxygen atoms in total. The second-order valence-electron chi connectivity index (χ2n) is 4.91. The summed E-state index contributed by atoms with van der Waals surface area (Å²) in [5, 5.41) is 15.6. The second kappa shape index (κ2) is 5.91. The molecule has 8 heteroatoms. The third kappa shape index (κ3) is 2.90. The van der Waals surface area contributed by atoms with Crippen molar-refractivity contribution >= 4 is 12.0 Å². The molecule has 0 saturated carbocycles. The lowest BCUT2D eigenvalue weighted by molar-refractivity contribution is -0.142. The highest BCUT2D eigenvalue weighted by molar-refractivity contribution is 5.77. The Morgan fingerprint density at radius 2 is 2.25 bits per heavy atom. The van der Waals surface area contributed by atoms with Gasteiger partial charge in [0.1, 0.15) is 5.92 Å². The van der Waals surface area contributed by atoms with Gasteiger partial charge in [-0.15, -0.1) is 0 Å². The van der Waals surface area contributed by atoms with Crippen LogP contribution in [0.4, 0.5) is 4.79 Å². The summed E-state index contributed by atoms with van der Waals surface area (Å²) in [5.74, 6) is -1.61. The third-order valence-corrected chi connectivity index (χ3v) is 3.47. The number of aromatic amines is 1. The van der Waals surface area contributed by atoms with Gasteiger partial charge in [0.25, 0.3) is 0 Å². The zero-order valence-corrected chi connectivity index (χ0v) is 11.4. The maximum absolute atomic E-state index is 12.3. The van der Waals surface area contributed by atoms with E-state index in [0.29, 0.717) is 6.54 Å². The molecule has 0 spiro atoms. The number of nitrogens with one attached hydrogen (secondary N) is 1. The van der Waals surface area contributed by atoms with E-state index in [-0.39, 0.29) is 19.2 Å². The number of H-pyrrole nitrogens is 1. The summed E-state index contributed by atoms with van der Waals surface area (Å²) < 4.78 is 5.18. The molecule has 2 amide bonds. The van der Waals surface area contributed by atoms with Crippen LogP contribution in [-0.2, 0) is 16.1 Å². The molecule has 110 valence electrons. The molecule has 2 atom stereocenters. The third-order valence-electron chi connectivity index (χ3n) is 3.47. The number of likely N-dealkylation sites (N-methyl/N-ethyl adjacent to an activating group) is 1. The van der Waals surface area contributed by atoms with Crippen LogP contribution < -0.4 is 0 Å². The lowest BCUT2D eigenvalue weighted by Gasteiger charge is -2.30. The highest BCUT2D eigenvalue weighted by Gasteiger charge is 2.39. The fraction of sp³-hybridized carbons (Fsp3) is 0.583. The molecule has 2 rings (SSSR count). The summed E-state index contributed by atoms with van der Waals surface area (Å²) in [6.45, 7) is 0.798. The number of aliphatic carboxylic acids is 1. The zero-order valence-electron chi connectivity index (χ0n) is 11.4. The smallest absolute Gasteiger partial charge is 0.320 e. The summed E-state index contributed by atoms with van der Waals surface area (Å²) in [6, 6.07) is -0.681. The first-order chi connectivity index (χ1) is 9.50. The maximum Gasteiger partial charge on any atom is 0.320 e. The molecule has 0 aromatic carbocycles. The SMILES string of the molecule is CN(Cc1cn[nH]c1)C(=O)N(C)C1COCC1C(=O)O. The Morgan fingerprint density at radius 1 is 1.50 bits per heavy atom. The fourth-order valence-corrected chi connectivity index (χ4v) is 2.28. The van der Waals surface area contributed by atoms with Crippen molar-refractivity contribution in [2.45, 2.75) is 12.6 Å². The molecule has 1 aliphatic rings. The normalized spacial score (nSPS) is 21.7. The van der Waals surface area contributed by atoms with Gasteiger partial charge in [0, 0.05) is 25.9 Å². The average Bonchev–Trinajstić information content (AvgIpc) is 3.07. The van der Waals surface area contributed by atoms with E-state index in [1.807, 2.05) is 0 Å². The van der Waals surface area contributed by atoms with E-state index in [9.17, 15) is 9.59 Å². The molecule has 1 aromatic rings. The molecule has 0 radical (unpaired) electrons. The van der Waals surface area contributed by atoms with Crippen molar-refractivity contribution < 1.29 is 19.4 Å². The maximum atomic E-state index is 12.3. The number of carbonyl (C=O) groups excluding carboxylic acids is 1. The molecule has 0 bridgehead atoms. The molecule has 1 aliphatic heterocycles. The van der Waals surface area contributed by atoms with E-state index < -0.39 is 17.9 Å². The molecule has 1 saturated heterocycles. The Balaban J connectivity index is 1.99. The number of hydrogen-bond acceptors (Lipinski definition) is 4. The van der Waals surface area contributed by atoms with Crippen molar-refractivity contribution in [1.82, 2.24) is 20.0 Å². The van der Waals surface area contributed by atoms with Crippen LogP contribution in [-0.4, -0.2) is 70.5 Å². The van der Waals surface area contributed by atoms with Crippen molar-refractivity contribution in [3.63, 3.8) is 0 Å². The molecule has 1 fully saturated rings. The van der Waals surface area contributed by atoms with E-state index in [2.05, 4.69) is 10.2 Å². The Labute approximate surface area is 116 Å². The Morgan fingerprint density at radius 3 is 2.85 bits per heavy atom. The second-order valence-corrected chi connectivity index (χ2v) is 4.91. The van der Waals surface area contributed by atoms with Crippen LogP contribution in [0.2, 0.25) is 0 Å². The summed E-state index contributed by atoms with van der Waals surface area (Å²) in [6.07, 6.45) is 3.35. The minimum Gasteiger partial charge on any atom is -0.481 e. The minimum absolute atomic E-state index is 0.142. The van der Waals surface area contributed by atoms with Gasteiger partial charge in [-0.1, -0.05) is 0 Å². The van der Waals surface area contributed by atoms with Crippen LogP contribution in [0.25, 0.3) is 0 Å². The number of nitrogens with zero attached hydrogens (tertiary/aromatic N) is 3. The minimum atomic E-state index is -0.940. The van der Waals surface area contributed by atoms with Gasteiger partial charge in [-0.3, -0.25) is 9.89 Å².